The van der Waals surface area contributed by atoms with Crippen molar-refractivity contribution in [3.63, 3.8) is 0 Å². The minimum atomic E-state index is -0.325. The van der Waals surface area contributed by atoms with Crippen molar-refractivity contribution in [3.8, 4) is 0 Å². The highest BCUT2D eigenvalue weighted by atomic mass is 16.2. The van der Waals surface area contributed by atoms with Crippen molar-refractivity contribution in [2.75, 3.05) is 58.3 Å². The summed E-state index contributed by atoms with van der Waals surface area (Å²) in [6.45, 7) is 16.5. The van der Waals surface area contributed by atoms with Gasteiger partial charge in [0.2, 0.25) is 5.91 Å². The molecule has 0 aliphatic carbocycles. The SMILES string of the molecule is CC(NC1C(c2ccc(N(C)C)cc2)N=C2C=NC=CN21)C(=O)N1CCN(CCN(C(C)C)C(C)C)CC1. The molecule has 9 nitrogen and oxygen atoms in total. The number of nitrogens with one attached hydrogen (secondary N) is 1. The Labute approximate surface area is 228 Å². The molecule has 38 heavy (non-hydrogen) atoms. The summed E-state index contributed by atoms with van der Waals surface area (Å²) < 4.78 is 0. The molecule has 1 N–H and O–H groups in total. The van der Waals surface area contributed by atoms with Crippen LogP contribution in [-0.2, 0) is 4.79 Å². The number of rotatable bonds is 10. The van der Waals surface area contributed by atoms with Crippen LogP contribution in [0.2, 0.25) is 0 Å². The predicted octanol–water partition coefficient (Wildman–Crippen LogP) is 2.63. The summed E-state index contributed by atoms with van der Waals surface area (Å²) in [4.78, 5) is 33.9. The van der Waals surface area contributed by atoms with Gasteiger partial charge in [-0.25, -0.2) is 0 Å². The molecule has 0 aromatic heterocycles. The molecule has 1 fully saturated rings. The molecule has 3 aliphatic rings. The smallest absolute Gasteiger partial charge is 0.239 e. The molecule has 4 rings (SSSR count). The van der Waals surface area contributed by atoms with Crippen LogP contribution in [0, 0.1) is 0 Å². The van der Waals surface area contributed by atoms with Gasteiger partial charge in [0.1, 0.15) is 18.0 Å². The number of carbonyl (C=O) groups excluding carboxylic acids is 1. The molecule has 0 radical (unpaired) electrons. The average molecular weight is 523 g/mol. The summed E-state index contributed by atoms with van der Waals surface area (Å²) in [6, 6.07) is 9.11. The van der Waals surface area contributed by atoms with E-state index in [1.807, 2.05) is 32.1 Å². The van der Waals surface area contributed by atoms with Gasteiger partial charge in [0.05, 0.1) is 12.3 Å². The lowest BCUT2D eigenvalue weighted by atomic mass is 10.0. The monoisotopic (exact) mass is 522 g/mol. The van der Waals surface area contributed by atoms with Gasteiger partial charge in [-0.2, -0.15) is 0 Å². The molecular weight excluding hydrogens is 476 g/mol. The number of anilines is 1. The van der Waals surface area contributed by atoms with Crippen LogP contribution in [-0.4, -0.2) is 115 Å². The molecular formula is C29H46N8O. The molecule has 208 valence electrons. The maximum atomic E-state index is 13.5. The van der Waals surface area contributed by atoms with Crippen LogP contribution in [0.25, 0.3) is 0 Å². The first kappa shape index (κ1) is 28.3. The van der Waals surface area contributed by atoms with E-state index >= 15 is 0 Å². The van der Waals surface area contributed by atoms with Gasteiger partial charge in [0.25, 0.3) is 0 Å². The molecule has 3 unspecified atom stereocenters. The zero-order valence-electron chi connectivity index (χ0n) is 24.2. The number of carbonyl (C=O) groups is 1. The Morgan fingerprint density at radius 1 is 1.03 bits per heavy atom. The third-order valence-electron chi connectivity index (χ3n) is 7.87. The fraction of sp³-hybridized carbons (Fsp3) is 0.621. The van der Waals surface area contributed by atoms with Crippen molar-refractivity contribution < 1.29 is 4.79 Å². The second-order valence-electron chi connectivity index (χ2n) is 11.3. The van der Waals surface area contributed by atoms with Crippen molar-refractivity contribution in [1.29, 1.82) is 0 Å². The Bertz CT molecular complexity index is 1020. The van der Waals surface area contributed by atoms with Crippen molar-refractivity contribution >= 4 is 23.6 Å². The maximum absolute atomic E-state index is 13.5. The quantitative estimate of drug-likeness (QED) is 0.510. The van der Waals surface area contributed by atoms with Crippen LogP contribution in [0.1, 0.15) is 46.2 Å². The number of hydrogen-bond acceptors (Lipinski definition) is 8. The Kier molecular flexibility index (Phi) is 9.23. The molecule has 0 saturated carbocycles. The van der Waals surface area contributed by atoms with Crippen LogP contribution < -0.4 is 10.2 Å². The lowest BCUT2D eigenvalue weighted by molar-refractivity contribution is -0.135. The van der Waals surface area contributed by atoms with E-state index < -0.39 is 0 Å². The number of benzene rings is 1. The van der Waals surface area contributed by atoms with E-state index in [9.17, 15) is 4.79 Å². The Hall–Kier alpha value is -2.75. The normalized spacial score (nSPS) is 22.4. The van der Waals surface area contributed by atoms with Gasteiger partial charge in [-0.1, -0.05) is 12.1 Å². The zero-order chi connectivity index (χ0) is 27.4. The first-order chi connectivity index (χ1) is 18.2. The molecule has 3 aliphatic heterocycles. The molecule has 3 atom stereocenters. The van der Waals surface area contributed by atoms with E-state index in [0.717, 1.165) is 56.4 Å². The zero-order valence-corrected chi connectivity index (χ0v) is 24.2. The average Bonchev–Trinajstić information content (AvgIpc) is 3.26. The van der Waals surface area contributed by atoms with Gasteiger partial charge >= 0.3 is 0 Å². The fourth-order valence-corrected chi connectivity index (χ4v) is 5.62. The number of piperazine rings is 1. The van der Waals surface area contributed by atoms with Gasteiger partial charge in [-0.3, -0.25) is 29.9 Å². The highest BCUT2D eigenvalue weighted by Gasteiger charge is 2.38. The summed E-state index contributed by atoms with van der Waals surface area (Å²) in [5.74, 6) is 0.970. The first-order valence-corrected chi connectivity index (χ1v) is 14.0. The molecule has 1 aromatic rings. The summed E-state index contributed by atoms with van der Waals surface area (Å²) in [7, 11) is 4.07. The van der Waals surface area contributed by atoms with Crippen molar-refractivity contribution in [2.45, 2.75) is 65.0 Å². The summed E-state index contributed by atoms with van der Waals surface area (Å²) in [5, 5.41) is 3.61. The van der Waals surface area contributed by atoms with Crippen LogP contribution in [0.3, 0.4) is 0 Å². The highest BCUT2D eigenvalue weighted by molar-refractivity contribution is 6.31. The van der Waals surface area contributed by atoms with Crippen LogP contribution >= 0.6 is 0 Å². The van der Waals surface area contributed by atoms with Gasteiger partial charge in [-0.15, -0.1) is 0 Å². The fourth-order valence-electron chi connectivity index (χ4n) is 5.62. The number of fused-ring (bicyclic) bond motifs is 1. The number of hydrogen-bond donors (Lipinski definition) is 1. The molecule has 1 saturated heterocycles. The third-order valence-corrected chi connectivity index (χ3v) is 7.87. The third kappa shape index (κ3) is 6.45. The van der Waals surface area contributed by atoms with Gasteiger partial charge in [0, 0.05) is 83.5 Å². The second-order valence-corrected chi connectivity index (χ2v) is 11.3. The van der Waals surface area contributed by atoms with E-state index in [0.29, 0.717) is 12.1 Å². The topological polar surface area (TPSA) is 70.0 Å². The van der Waals surface area contributed by atoms with Gasteiger partial charge in [-0.05, 0) is 52.3 Å². The molecule has 3 heterocycles. The van der Waals surface area contributed by atoms with Crippen molar-refractivity contribution in [3.05, 3.63) is 42.2 Å². The summed E-state index contributed by atoms with van der Waals surface area (Å²) in [6.07, 6.45) is 5.35. The van der Waals surface area contributed by atoms with E-state index in [-0.39, 0.29) is 24.2 Å². The van der Waals surface area contributed by atoms with Gasteiger partial charge in [0.15, 0.2) is 0 Å². The summed E-state index contributed by atoms with van der Waals surface area (Å²) >= 11 is 0. The number of nitrogens with zero attached hydrogens (tertiary/aromatic N) is 7. The molecule has 1 aromatic carbocycles. The van der Waals surface area contributed by atoms with E-state index in [1.54, 1.807) is 12.4 Å². The molecule has 0 spiro atoms. The minimum absolute atomic E-state index is 0.132. The van der Waals surface area contributed by atoms with E-state index in [4.69, 9.17) is 4.99 Å². The maximum Gasteiger partial charge on any atom is 0.239 e. The molecule has 0 bridgehead atoms. The molecule has 9 heteroatoms. The number of amidine groups is 1. The van der Waals surface area contributed by atoms with Gasteiger partial charge < -0.3 is 14.7 Å². The lowest BCUT2D eigenvalue weighted by Crippen LogP contribution is -2.57. The first-order valence-electron chi connectivity index (χ1n) is 14.0. The lowest BCUT2D eigenvalue weighted by Gasteiger charge is -2.39. The minimum Gasteiger partial charge on any atom is -0.378 e. The van der Waals surface area contributed by atoms with Crippen LogP contribution in [0.5, 0.6) is 0 Å². The standard InChI is InChI=1S/C29H46N8O/c1-21(2)36(22(3)4)19-16-34-14-17-35(18-15-34)29(38)23(5)31-28-27(32-26-20-30-12-13-37(26)28)24-8-10-25(11-9-24)33(6)7/h8-13,20-23,27-28,31H,14-19H2,1-7H3. The number of amides is 1. The number of aliphatic imine (C=N–C) groups is 2. The Morgan fingerprint density at radius 3 is 2.29 bits per heavy atom. The van der Waals surface area contributed by atoms with Crippen molar-refractivity contribution in [1.82, 2.24) is 24.9 Å². The Morgan fingerprint density at radius 2 is 1.68 bits per heavy atom. The highest BCUT2D eigenvalue weighted by Crippen LogP contribution is 2.32. The largest absolute Gasteiger partial charge is 0.378 e. The second kappa shape index (κ2) is 12.4. The Balaban J connectivity index is 1.36. The van der Waals surface area contributed by atoms with E-state index in [1.165, 1.54) is 0 Å². The van der Waals surface area contributed by atoms with Crippen LogP contribution in [0.4, 0.5) is 5.69 Å². The summed E-state index contributed by atoms with van der Waals surface area (Å²) in [5.41, 5.74) is 2.26. The van der Waals surface area contributed by atoms with E-state index in [2.05, 4.69) is 81.9 Å². The molecule has 1 amide bonds. The van der Waals surface area contributed by atoms with Crippen LogP contribution in [0.15, 0.2) is 46.7 Å². The predicted molar refractivity (Wildman–Crippen MR) is 157 cm³/mol. The van der Waals surface area contributed by atoms with Crippen molar-refractivity contribution in [2.24, 2.45) is 9.98 Å².